The zero-order chi connectivity index (χ0) is 14.1. The molecule has 1 aliphatic rings. The Kier molecular flexibility index (Phi) is 3.12. The third-order valence-electron chi connectivity index (χ3n) is 3.59. The molecule has 1 unspecified atom stereocenters. The molecule has 20 heavy (non-hydrogen) atoms. The minimum absolute atomic E-state index is 0.0701. The van der Waals surface area contributed by atoms with E-state index in [1.807, 2.05) is 12.1 Å². The standard InChI is InChI=1S/C15H14N2O3/c18-13-4-5-14-10(9-13)6-7-16-15(14)11-2-1-3-12(8-11)17(19)20/h1-5,8-9,15-16,18H,6-7H2. The monoisotopic (exact) mass is 270 g/mol. The molecule has 0 fully saturated rings. The SMILES string of the molecule is O=[N+]([O-])c1cccc(C2NCCc3cc(O)ccc32)c1. The number of phenolic OH excluding ortho intramolecular Hbond substituents is 1. The number of nitro benzene ring substituents is 1. The topological polar surface area (TPSA) is 75.4 Å². The summed E-state index contributed by atoms with van der Waals surface area (Å²) in [4.78, 5) is 10.5. The van der Waals surface area contributed by atoms with E-state index in [9.17, 15) is 15.2 Å². The summed E-state index contributed by atoms with van der Waals surface area (Å²) < 4.78 is 0. The molecule has 2 N–H and O–H groups in total. The van der Waals surface area contributed by atoms with Crippen molar-refractivity contribution in [3.8, 4) is 5.75 Å². The van der Waals surface area contributed by atoms with Crippen molar-refractivity contribution in [1.29, 1.82) is 0 Å². The fraction of sp³-hybridized carbons (Fsp3) is 0.200. The molecule has 0 spiro atoms. The number of hydrogen-bond acceptors (Lipinski definition) is 4. The number of nitro groups is 1. The first-order valence-corrected chi connectivity index (χ1v) is 6.44. The van der Waals surface area contributed by atoms with Crippen LogP contribution < -0.4 is 5.32 Å². The van der Waals surface area contributed by atoms with Gasteiger partial charge in [-0.2, -0.15) is 0 Å². The lowest BCUT2D eigenvalue weighted by Crippen LogP contribution is -2.30. The lowest BCUT2D eigenvalue weighted by atomic mass is 9.89. The summed E-state index contributed by atoms with van der Waals surface area (Å²) >= 11 is 0. The number of phenols is 1. The molecule has 5 heteroatoms. The van der Waals surface area contributed by atoms with Crippen LogP contribution in [0.5, 0.6) is 5.75 Å². The van der Waals surface area contributed by atoms with Gasteiger partial charge in [-0.05, 0) is 35.2 Å². The second kappa shape index (κ2) is 4.94. The number of nitrogens with one attached hydrogen (secondary N) is 1. The van der Waals surface area contributed by atoms with E-state index in [1.54, 1.807) is 24.3 Å². The normalized spacial score (nSPS) is 17.5. The average molecular weight is 270 g/mol. The van der Waals surface area contributed by atoms with Gasteiger partial charge in [-0.1, -0.05) is 18.2 Å². The summed E-state index contributed by atoms with van der Waals surface area (Å²) in [7, 11) is 0. The summed E-state index contributed by atoms with van der Waals surface area (Å²) in [5, 5.41) is 23.8. The van der Waals surface area contributed by atoms with Gasteiger partial charge in [0.15, 0.2) is 0 Å². The molecule has 1 heterocycles. The van der Waals surface area contributed by atoms with E-state index in [-0.39, 0.29) is 22.4 Å². The molecule has 2 aromatic carbocycles. The van der Waals surface area contributed by atoms with Gasteiger partial charge >= 0.3 is 0 Å². The van der Waals surface area contributed by atoms with E-state index in [2.05, 4.69) is 5.32 Å². The fourth-order valence-corrected chi connectivity index (χ4v) is 2.67. The molecule has 0 radical (unpaired) electrons. The number of nitrogens with zero attached hydrogens (tertiary/aromatic N) is 1. The Bertz CT molecular complexity index is 670. The smallest absolute Gasteiger partial charge is 0.269 e. The van der Waals surface area contributed by atoms with Gasteiger partial charge in [0.2, 0.25) is 0 Å². The number of aromatic hydroxyl groups is 1. The summed E-state index contributed by atoms with van der Waals surface area (Å²) in [5.74, 6) is 0.253. The Morgan fingerprint density at radius 2 is 2.10 bits per heavy atom. The Hall–Kier alpha value is -2.40. The molecule has 3 rings (SSSR count). The number of non-ortho nitro benzene ring substituents is 1. The van der Waals surface area contributed by atoms with E-state index in [0.29, 0.717) is 0 Å². The van der Waals surface area contributed by atoms with Crippen LogP contribution in [0.3, 0.4) is 0 Å². The lowest BCUT2D eigenvalue weighted by Gasteiger charge is -2.27. The van der Waals surface area contributed by atoms with Crippen molar-refractivity contribution >= 4 is 5.69 Å². The van der Waals surface area contributed by atoms with Crippen LogP contribution >= 0.6 is 0 Å². The largest absolute Gasteiger partial charge is 0.508 e. The van der Waals surface area contributed by atoms with E-state index in [4.69, 9.17) is 0 Å². The van der Waals surface area contributed by atoms with Gasteiger partial charge in [-0.3, -0.25) is 10.1 Å². The third-order valence-corrected chi connectivity index (χ3v) is 3.59. The van der Waals surface area contributed by atoms with E-state index in [0.717, 1.165) is 29.7 Å². The summed E-state index contributed by atoms with van der Waals surface area (Å²) in [6.45, 7) is 0.782. The van der Waals surface area contributed by atoms with Crippen LogP contribution in [0.4, 0.5) is 5.69 Å². The quantitative estimate of drug-likeness (QED) is 0.649. The molecule has 1 aliphatic heterocycles. The lowest BCUT2D eigenvalue weighted by molar-refractivity contribution is -0.384. The van der Waals surface area contributed by atoms with Crippen molar-refractivity contribution in [1.82, 2.24) is 5.32 Å². The van der Waals surface area contributed by atoms with Gasteiger partial charge in [0.25, 0.3) is 5.69 Å². The Labute approximate surface area is 116 Å². The Balaban J connectivity index is 2.04. The Morgan fingerprint density at radius 3 is 2.90 bits per heavy atom. The van der Waals surface area contributed by atoms with Crippen LogP contribution in [0.2, 0.25) is 0 Å². The first kappa shape index (κ1) is 12.6. The maximum Gasteiger partial charge on any atom is 0.269 e. The van der Waals surface area contributed by atoms with Gasteiger partial charge in [-0.15, -0.1) is 0 Å². The van der Waals surface area contributed by atoms with Crippen LogP contribution in [0, 0.1) is 10.1 Å². The molecule has 0 aliphatic carbocycles. The third kappa shape index (κ3) is 2.23. The molecular weight excluding hydrogens is 256 g/mol. The maximum atomic E-state index is 10.9. The van der Waals surface area contributed by atoms with Gasteiger partial charge in [0.1, 0.15) is 5.75 Å². The first-order chi connectivity index (χ1) is 9.65. The highest BCUT2D eigenvalue weighted by molar-refractivity contribution is 5.45. The van der Waals surface area contributed by atoms with E-state index in [1.165, 1.54) is 6.07 Å². The van der Waals surface area contributed by atoms with Gasteiger partial charge in [0.05, 0.1) is 11.0 Å². The summed E-state index contributed by atoms with van der Waals surface area (Å²) in [5.41, 5.74) is 3.11. The van der Waals surface area contributed by atoms with Crippen LogP contribution in [0.1, 0.15) is 22.7 Å². The highest BCUT2D eigenvalue weighted by atomic mass is 16.6. The first-order valence-electron chi connectivity index (χ1n) is 6.44. The molecule has 102 valence electrons. The zero-order valence-corrected chi connectivity index (χ0v) is 10.7. The molecule has 5 nitrogen and oxygen atoms in total. The molecule has 1 atom stereocenters. The minimum Gasteiger partial charge on any atom is -0.508 e. The summed E-state index contributed by atoms with van der Waals surface area (Å²) in [6.07, 6.45) is 0.842. The number of benzene rings is 2. The minimum atomic E-state index is -0.385. The summed E-state index contributed by atoms with van der Waals surface area (Å²) in [6, 6.07) is 11.9. The van der Waals surface area contributed by atoms with Crippen molar-refractivity contribution in [3.05, 3.63) is 69.3 Å². The highest BCUT2D eigenvalue weighted by Crippen LogP contribution is 2.32. The van der Waals surface area contributed by atoms with Gasteiger partial charge in [-0.25, -0.2) is 0 Å². The molecule has 0 amide bonds. The second-order valence-electron chi connectivity index (χ2n) is 4.87. The molecule has 2 aromatic rings. The number of rotatable bonds is 2. The van der Waals surface area contributed by atoms with E-state index >= 15 is 0 Å². The second-order valence-corrected chi connectivity index (χ2v) is 4.87. The predicted molar refractivity (Wildman–Crippen MR) is 74.8 cm³/mol. The van der Waals surface area contributed by atoms with Crippen molar-refractivity contribution < 1.29 is 10.0 Å². The average Bonchev–Trinajstić information content (AvgIpc) is 2.46. The maximum absolute atomic E-state index is 10.9. The van der Waals surface area contributed by atoms with Crippen molar-refractivity contribution in [2.45, 2.75) is 12.5 Å². The molecule has 0 aromatic heterocycles. The predicted octanol–water partition coefficient (Wildman–Crippen LogP) is 2.54. The number of fused-ring (bicyclic) bond motifs is 1. The molecular formula is C15H14N2O3. The van der Waals surface area contributed by atoms with Crippen LogP contribution in [-0.4, -0.2) is 16.6 Å². The molecule has 0 bridgehead atoms. The van der Waals surface area contributed by atoms with Crippen molar-refractivity contribution in [2.24, 2.45) is 0 Å². The molecule has 0 saturated heterocycles. The van der Waals surface area contributed by atoms with Crippen LogP contribution in [-0.2, 0) is 6.42 Å². The Morgan fingerprint density at radius 1 is 1.25 bits per heavy atom. The van der Waals surface area contributed by atoms with Crippen LogP contribution in [0.25, 0.3) is 0 Å². The highest BCUT2D eigenvalue weighted by Gasteiger charge is 2.22. The van der Waals surface area contributed by atoms with Gasteiger partial charge in [0, 0.05) is 18.7 Å². The van der Waals surface area contributed by atoms with Crippen molar-refractivity contribution in [2.75, 3.05) is 6.54 Å². The molecule has 0 saturated carbocycles. The van der Waals surface area contributed by atoms with E-state index < -0.39 is 0 Å². The van der Waals surface area contributed by atoms with Crippen molar-refractivity contribution in [3.63, 3.8) is 0 Å². The fourth-order valence-electron chi connectivity index (χ4n) is 2.67. The number of hydrogen-bond donors (Lipinski definition) is 2. The van der Waals surface area contributed by atoms with Gasteiger partial charge < -0.3 is 10.4 Å². The van der Waals surface area contributed by atoms with Crippen LogP contribution in [0.15, 0.2) is 42.5 Å². The zero-order valence-electron chi connectivity index (χ0n) is 10.7.